The van der Waals surface area contributed by atoms with Crippen LogP contribution in [-0.4, -0.2) is 82.4 Å². The summed E-state index contributed by atoms with van der Waals surface area (Å²) in [6.45, 7) is 11.6. The van der Waals surface area contributed by atoms with Crippen LogP contribution in [0.25, 0.3) is 0 Å². The first-order chi connectivity index (χ1) is 26.0. The highest BCUT2D eigenvalue weighted by Gasteiger charge is 2.30. The Morgan fingerprint density at radius 1 is 0.782 bits per heavy atom. The van der Waals surface area contributed by atoms with Crippen LogP contribution in [0.1, 0.15) is 120 Å². The topological polar surface area (TPSA) is 157 Å². The summed E-state index contributed by atoms with van der Waals surface area (Å²) in [5.74, 6) is -1.40. The molecule has 0 unspecified atom stereocenters. The second-order valence-corrected chi connectivity index (χ2v) is 16.8. The van der Waals surface area contributed by atoms with E-state index in [1.807, 2.05) is 63.4 Å². The van der Waals surface area contributed by atoms with Crippen molar-refractivity contribution >= 4 is 47.4 Å². The van der Waals surface area contributed by atoms with Crippen LogP contribution < -0.4 is 10.6 Å². The average Bonchev–Trinajstić information content (AvgIpc) is 3.12. The molecule has 0 saturated carbocycles. The number of amides is 3. The largest absolute Gasteiger partial charge is 0.461 e. The molecule has 0 aliphatic carbocycles. The number of rotatable bonds is 19. The Bertz CT molecular complexity index is 1620. The van der Waals surface area contributed by atoms with Crippen LogP contribution in [0.5, 0.6) is 0 Å². The highest BCUT2D eigenvalue weighted by Crippen LogP contribution is 2.25. The van der Waals surface area contributed by atoms with E-state index >= 15 is 0 Å². The second-order valence-electron chi connectivity index (χ2n) is 15.8. The van der Waals surface area contributed by atoms with Crippen molar-refractivity contribution in [3.05, 3.63) is 70.8 Å². The Morgan fingerprint density at radius 3 is 2.16 bits per heavy atom. The maximum absolute atomic E-state index is 13.6. The molecule has 0 bridgehead atoms. The third kappa shape index (κ3) is 16.5. The predicted molar refractivity (Wildman–Crippen MR) is 212 cm³/mol. The van der Waals surface area contributed by atoms with Crippen LogP contribution in [-0.2, 0) is 53.0 Å². The zero-order valence-corrected chi connectivity index (χ0v) is 34.3. The van der Waals surface area contributed by atoms with Gasteiger partial charge < -0.3 is 29.7 Å². The summed E-state index contributed by atoms with van der Waals surface area (Å²) in [7, 11) is 0. The van der Waals surface area contributed by atoms with E-state index in [2.05, 4.69) is 10.6 Å². The number of fused-ring (bicyclic) bond motifs is 1. The normalized spacial score (nSPS) is 13.8. The molecule has 2 atom stereocenters. The smallest absolute Gasteiger partial charge is 0.410 e. The van der Waals surface area contributed by atoms with Crippen molar-refractivity contribution in [3.8, 4) is 0 Å². The Labute approximate surface area is 330 Å². The Balaban J connectivity index is 1.55. The lowest BCUT2D eigenvalue weighted by Gasteiger charge is -2.32. The van der Waals surface area contributed by atoms with E-state index in [1.165, 1.54) is 0 Å². The van der Waals surface area contributed by atoms with Crippen molar-refractivity contribution in [1.29, 1.82) is 0 Å². The lowest BCUT2D eigenvalue weighted by atomic mass is 9.93. The standard InChI is InChI=1S/C42H59N3O9S/c1-41(2,3)53-39(50)34(19-12-9-13-20-37(48)52-28-29-15-10-8-11-16-29)43-36(47)22-21-35(46)33(24-26-55-7)44-38(49)32-18-14-17-30-27-45(25-23-31(30)32)40(51)54-42(4,5)6/h8,10-11,14-18,33-34H,9,12-13,19-28H2,1-7H3,(H,43,47)(H,44,49)/t33-,34-/m0/s1. The lowest BCUT2D eigenvalue weighted by Crippen LogP contribution is -2.45. The van der Waals surface area contributed by atoms with Crippen molar-refractivity contribution < 1.29 is 43.0 Å². The molecular formula is C42H59N3O9S. The van der Waals surface area contributed by atoms with E-state index in [4.69, 9.17) is 14.2 Å². The summed E-state index contributed by atoms with van der Waals surface area (Å²) in [6.07, 6.45) is 4.35. The monoisotopic (exact) mass is 781 g/mol. The van der Waals surface area contributed by atoms with Gasteiger partial charge in [-0.3, -0.25) is 19.2 Å². The van der Waals surface area contributed by atoms with Gasteiger partial charge in [0.1, 0.15) is 23.9 Å². The number of thioether (sulfide) groups is 1. The third-order valence-corrected chi connectivity index (χ3v) is 9.35. The molecule has 2 aromatic rings. The second kappa shape index (κ2) is 21.6. The number of nitrogens with zero attached hydrogens (tertiary/aromatic N) is 1. The molecule has 3 amide bonds. The molecule has 1 aliphatic rings. The number of ether oxygens (including phenoxy) is 3. The van der Waals surface area contributed by atoms with E-state index in [0.717, 1.165) is 16.7 Å². The molecule has 0 saturated heterocycles. The fourth-order valence-electron chi connectivity index (χ4n) is 5.99. The van der Waals surface area contributed by atoms with Gasteiger partial charge in [-0.2, -0.15) is 11.8 Å². The van der Waals surface area contributed by atoms with Crippen molar-refractivity contribution in [1.82, 2.24) is 15.5 Å². The number of carbonyl (C=O) groups is 6. The van der Waals surface area contributed by atoms with Crippen molar-refractivity contribution in [2.75, 3.05) is 18.6 Å². The fourth-order valence-corrected chi connectivity index (χ4v) is 6.47. The number of benzene rings is 2. The Hall–Kier alpha value is -4.39. The first-order valence-electron chi connectivity index (χ1n) is 19.1. The van der Waals surface area contributed by atoms with Crippen LogP contribution in [0, 0.1) is 0 Å². The molecule has 3 rings (SSSR count). The SMILES string of the molecule is CSCC[C@H](NC(=O)c1cccc2c1CCN(C(=O)OC(C)(C)C)C2)C(=O)CCC(=O)N[C@@H](CCCCCC(=O)OCc1ccccc1)C(=O)OC(C)(C)C. The van der Waals surface area contributed by atoms with E-state index in [1.54, 1.807) is 49.6 Å². The van der Waals surface area contributed by atoms with Crippen molar-refractivity contribution in [2.45, 2.75) is 136 Å². The number of hydrogen-bond acceptors (Lipinski definition) is 10. The first kappa shape index (κ1) is 45.0. The van der Waals surface area contributed by atoms with E-state index in [9.17, 15) is 28.8 Å². The van der Waals surface area contributed by atoms with Crippen LogP contribution in [0.2, 0.25) is 0 Å². The highest BCUT2D eigenvalue weighted by atomic mass is 32.2. The summed E-state index contributed by atoms with van der Waals surface area (Å²) < 4.78 is 16.4. The van der Waals surface area contributed by atoms with Gasteiger partial charge in [-0.25, -0.2) is 9.59 Å². The van der Waals surface area contributed by atoms with Crippen LogP contribution in [0.3, 0.4) is 0 Å². The number of Topliss-reactive ketones (excluding diaryl/α,β-unsaturated/α-hetero) is 1. The van der Waals surface area contributed by atoms with Gasteiger partial charge in [-0.05, 0) is 102 Å². The molecule has 0 fully saturated rings. The van der Waals surface area contributed by atoms with Crippen LogP contribution >= 0.6 is 11.8 Å². The van der Waals surface area contributed by atoms with Crippen LogP contribution in [0.4, 0.5) is 4.79 Å². The Kier molecular flexibility index (Phi) is 17.7. The van der Waals surface area contributed by atoms with E-state index in [-0.39, 0.29) is 43.5 Å². The maximum atomic E-state index is 13.6. The number of carbonyl (C=O) groups excluding carboxylic acids is 6. The minimum Gasteiger partial charge on any atom is -0.461 e. The quantitative estimate of drug-likeness (QED) is 0.0893. The molecule has 13 heteroatoms. The molecule has 12 nitrogen and oxygen atoms in total. The zero-order chi connectivity index (χ0) is 40.6. The summed E-state index contributed by atoms with van der Waals surface area (Å²) in [4.78, 5) is 79.8. The van der Waals surface area contributed by atoms with Gasteiger partial charge in [0, 0.05) is 37.9 Å². The molecular weight excluding hydrogens is 723 g/mol. The molecule has 302 valence electrons. The third-order valence-electron chi connectivity index (χ3n) is 8.71. The minimum absolute atomic E-state index is 0.130. The average molecular weight is 782 g/mol. The molecule has 1 heterocycles. The number of ketones is 1. The predicted octanol–water partition coefficient (Wildman–Crippen LogP) is 6.70. The van der Waals surface area contributed by atoms with Crippen molar-refractivity contribution in [2.24, 2.45) is 0 Å². The molecule has 2 N–H and O–H groups in total. The van der Waals surface area contributed by atoms with Gasteiger partial charge in [0.2, 0.25) is 5.91 Å². The summed E-state index contributed by atoms with van der Waals surface area (Å²) in [5, 5.41) is 5.66. The molecule has 0 spiro atoms. The number of hydrogen-bond donors (Lipinski definition) is 2. The first-order valence-corrected chi connectivity index (χ1v) is 20.5. The fraction of sp³-hybridized carbons (Fsp3) is 0.571. The molecule has 55 heavy (non-hydrogen) atoms. The van der Waals surface area contributed by atoms with Gasteiger partial charge in [0.25, 0.3) is 5.91 Å². The molecule has 0 aromatic heterocycles. The molecule has 2 aromatic carbocycles. The van der Waals surface area contributed by atoms with Gasteiger partial charge in [-0.1, -0.05) is 55.3 Å². The van der Waals surface area contributed by atoms with Gasteiger partial charge in [0.15, 0.2) is 5.78 Å². The number of unbranched alkanes of at least 4 members (excludes halogenated alkanes) is 2. The summed E-state index contributed by atoms with van der Waals surface area (Å²) in [5.41, 5.74) is 1.64. The van der Waals surface area contributed by atoms with E-state index in [0.29, 0.717) is 62.9 Å². The highest BCUT2D eigenvalue weighted by molar-refractivity contribution is 7.98. The summed E-state index contributed by atoms with van der Waals surface area (Å²) in [6, 6.07) is 13.1. The van der Waals surface area contributed by atoms with E-state index < -0.39 is 41.3 Å². The van der Waals surface area contributed by atoms with Gasteiger partial charge in [-0.15, -0.1) is 0 Å². The van der Waals surface area contributed by atoms with Gasteiger partial charge in [0.05, 0.1) is 6.04 Å². The summed E-state index contributed by atoms with van der Waals surface area (Å²) >= 11 is 1.54. The van der Waals surface area contributed by atoms with Crippen LogP contribution in [0.15, 0.2) is 48.5 Å². The van der Waals surface area contributed by atoms with Gasteiger partial charge >= 0.3 is 18.0 Å². The minimum atomic E-state index is -0.922. The molecule has 1 aliphatic heterocycles. The number of esters is 2. The zero-order valence-electron chi connectivity index (χ0n) is 33.5. The molecule has 0 radical (unpaired) electrons. The Morgan fingerprint density at radius 2 is 1.49 bits per heavy atom. The number of nitrogens with one attached hydrogen (secondary N) is 2. The van der Waals surface area contributed by atoms with Crippen molar-refractivity contribution in [3.63, 3.8) is 0 Å². The lowest BCUT2D eigenvalue weighted by molar-refractivity contribution is -0.159. The maximum Gasteiger partial charge on any atom is 0.410 e.